The molecule has 0 amide bonds. The Morgan fingerprint density at radius 1 is 1.07 bits per heavy atom. The maximum Gasteiger partial charge on any atom is 0.355 e. The van der Waals surface area contributed by atoms with E-state index in [1.807, 2.05) is 31.2 Å². The van der Waals surface area contributed by atoms with Crippen LogP contribution < -0.4 is 14.2 Å². The summed E-state index contributed by atoms with van der Waals surface area (Å²) in [4.78, 5) is 15.2. The summed E-state index contributed by atoms with van der Waals surface area (Å²) < 4.78 is 16.8. The molecule has 2 aromatic carbocycles. The third-order valence-electron chi connectivity index (χ3n) is 3.77. The minimum absolute atomic E-state index is 0.0134. The first-order valence-corrected chi connectivity index (χ1v) is 9.14. The number of aryl methyl sites for hydroxylation is 1. The highest BCUT2D eigenvalue weighted by atomic mass is 32.1. The Morgan fingerprint density at radius 3 is 2.44 bits per heavy atom. The number of hydrogen-bond donors (Lipinski definition) is 1. The second-order valence-electron chi connectivity index (χ2n) is 5.72. The molecule has 1 aromatic heterocycles. The Balaban J connectivity index is 1.70. The molecule has 1 heterocycles. The molecule has 27 heavy (non-hydrogen) atoms. The SMILES string of the molecule is COc1ccc(-c2nc(C(=O)O)cs2)c(OCCOc2ccc(C)cc2)c1. The van der Waals surface area contributed by atoms with Crippen LogP contribution in [-0.2, 0) is 0 Å². The van der Waals surface area contributed by atoms with Crippen LogP contribution in [0.2, 0.25) is 0 Å². The van der Waals surface area contributed by atoms with E-state index in [2.05, 4.69) is 4.98 Å². The normalized spacial score (nSPS) is 10.4. The zero-order valence-corrected chi connectivity index (χ0v) is 15.8. The molecular weight excluding hydrogens is 366 g/mol. The van der Waals surface area contributed by atoms with Crippen LogP contribution in [0.4, 0.5) is 0 Å². The van der Waals surface area contributed by atoms with Gasteiger partial charge in [-0.3, -0.25) is 0 Å². The lowest BCUT2D eigenvalue weighted by atomic mass is 10.2. The number of rotatable bonds is 8. The maximum atomic E-state index is 11.1. The van der Waals surface area contributed by atoms with Crippen LogP contribution in [0.1, 0.15) is 16.1 Å². The third-order valence-corrected chi connectivity index (χ3v) is 4.65. The molecule has 3 rings (SSSR count). The molecule has 0 aliphatic carbocycles. The molecule has 0 fully saturated rings. The number of carboxylic acid groups (broad SMARTS) is 1. The molecule has 1 N–H and O–H groups in total. The molecule has 0 saturated carbocycles. The number of hydrogen-bond acceptors (Lipinski definition) is 6. The molecule has 0 radical (unpaired) electrons. The van der Waals surface area contributed by atoms with E-state index >= 15 is 0 Å². The molecule has 140 valence electrons. The second-order valence-corrected chi connectivity index (χ2v) is 6.57. The number of carboxylic acids is 1. The fourth-order valence-corrected chi connectivity index (χ4v) is 3.19. The predicted octanol–water partition coefficient (Wildman–Crippen LogP) is 4.28. The van der Waals surface area contributed by atoms with Gasteiger partial charge in [0.2, 0.25) is 0 Å². The Kier molecular flexibility index (Phi) is 5.93. The minimum Gasteiger partial charge on any atom is -0.497 e. The standard InChI is InChI=1S/C20H19NO5S/c1-13-3-5-14(6-4-13)25-9-10-26-18-11-15(24-2)7-8-16(18)19-21-17(12-27-19)20(22)23/h3-8,11-12H,9-10H2,1-2H3,(H,22,23). The van der Waals surface area contributed by atoms with Crippen molar-refractivity contribution in [3.8, 4) is 27.8 Å². The summed E-state index contributed by atoms with van der Waals surface area (Å²) in [6.45, 7) is 2.72. The topological polar surface area (TPSA) is 77.9 Å². The van der Waals surface area contributed by atoms with Crippen molar-refractivity contribution in [2.45, 2.75) is 6.92 Å². The molecule has 7 heteroatoms. The molecule has 0 bridgehead atoms. The van der Waals surface area contributed by atoms with Gasteiger partial charge in [-0.05, 0) is 31.2 Å². The van der Waals surface area contributed by atoms with Gasteiger partial charge in [-0.1, -0.05) is 17.7 Å². The smallest absolute Gasteiger partial charge is 0.355 e. The van der Waals surface area contributed by atoms with E-state index in [4.69, 9.17) is 19.3 Å². The highest BCUT2D eigenvalue weighted by Gasteiger charge is 2.15. The summed E-state index contributed by atoms with van der Waals surface area (Å²) in [7, 11) is 1.57. The minimum atomic E-state index is -1.06. The molecule has 0 unspecified atom stereocenters. The van der Waals surface area contributed by atoms with Crippen LogP contribution in [0.15, 0.2) is 47.8 Å². The Hall–Kier alpha value is -3.06. The monoisotopic (exact) mass is 385 g/mol. The summed E-state index contributed by atoms with van der Waals surface area (Å²) in [6.07, 6.45) is 0. The van der Waals surface area contributed by atoms with Crippen molar-refractivity contribution in [1.29, 1.82) is 0 Å². The molecule has 0 atom stereocenters. The average Bonchev–Trinajstić information content (AvgIpc) is 3.17. The first-order valence-electron chi connectivity index (χ1n) is 8.26. The highest BCUT2D eigenvalue weighted by Crippen LogP contribution is 2.35. The van der Waals surface area contributed by atoms with Gasteiger partial charge < -0.3 is 19.3 Å². The van der Waals surface area contributed by atoms with E-state index in [0.29, 0.717) is 35.3 Å². The zero-order valence-electron chi connectivity index (χ0n) is 15.0. The molecule has 0 saturated heterocycles. The first-order chi connectivity index (χ1) is 13.1. The van der Waals surface area contributed by atoms with Crippen molar-refractivity contribution in [1.82, 2.24) is 4.98 Å². The van der Waals surface area contributed by atoms with Gasteiger partial charge >= 0.3 is 5.97 Å². The van der Waals surface area contributed by atoms with E-state index in [-0.39, 0.29) is 5.69 Å². The average molecular weight is 385 g/mol. The van der Waals surface area contributed by atoms with Gasteiger partial charge in [0.1, 0.15) is 35.5 Å². The second kappa shape index (κ2) is 8.55. The Bertz CT molecular complexity index is 920. The van der Waals surface area contributed by atoms with Crippen LogP contribution in [0.5, 0.6) is 17.2 Å². The number of methoxy groups -OCH3 is 1. The van der Waals surface area contributed by atoms with Crippen LogP contribution >= 0.6 is 11.3 Å². The molecule has 0 spiro atoms. The first kappa shape index (κ1) is 18.7. The Morgan fingerprint density at radius 2 is 1.78 bits per heavy atom. The molecule has 3 aromatic rings. The van der Waals surface area contributed by atoms with E-state index in [9.17, 15) is 4.79 Å². The van der Waals surface area contributed by atoms with Gasteiger partial charge in [0.15, 0.2) is 5.69 Å². The number of thiazole rings is 1. The number of benzene rings is 2. The van der Waals surface area contributed by atoms with Crippen molar-refractivity contribution < 1.29 is 24.1 Å². The van der Waals surface area contributed by atoms with E-state index < -0.39 is 5.97 Å². The van der Waals surface area contributed by atoms with Gasteiger partial charge in [-0.2, -0.15) is 0 Å². The number of ether oxygens (including phenoxy) is 3. The van der Waals surface area contributed by atoms with Crippen LogP contribution in [-0.4, -0.2) is 36.4 Å². The fourth-order valence-electron chi connectivity index (χ4n) is 2.37. The van der Waals surface area contributed by atoms with Gasteiger partial charge in [0.25, 0.3) is 0 Å². The quantitative estimate of drug-likeness (QED) is 0.583. The van der Waals surface area contributed by atoms with E-state index in [1.165, 1.54) is 22.3 Å². The fraction of sp³-hybridized carbons (Fsp3) is 0.200. The number of nitrogens with zero attached hydrogens (tertiary/aromatic N) is 1. The summed E-state index contributed by atoms with van der Waals surface area (Å²) in [5.41, 5.74) is 1.90. The van der Waals surface area contributed by atoms with E-state index in [0.717, 1.165) is 5.75 Å². The third kappa shape index (κ3) is 4.77. The summed E-state index contributed by atoms with van der Waals surface area (Å²) >= 11 is 1.25. The number of aromatic carboxylic acids is 1. The lowest BCUT2D eigenvalue weighted by Crippen LogP contribution is -2.09. The van der Waals surface area contributed by atoms with Crippen molar-refractivity contribution in [2.24, 2.45) is 0 Å². The number of carbonyl (C=O) groups is 1. The summed E-state index contributed by atoms with van der Waals surface area (Å²) in [5.74, 6) is 0.928. The van der Waals surface area contributed by atoms with Gasteiger partial charge in [0.05, 0.1) is 12.7 Å². The van der Waals surface area contributed by atoms with Crippen LogP contribution in [0.25, 0.3) is 10.6 Å². The molecule has 6 nitrogen and oxygen atoms in total. The molecule has 0 aliphatic heterocycles. The predicted molar refractivity (Wildman–Crippen MR) is 103 cm³/mol. The maximum absolute atomic E-state index is 11.1. The van der Waals surface area contributed by atoms with E-state index in [1.54, 1.807) is 25.3 Å². The zero-order chi connectivity index (χ0) is 19.2. The van der Waals surface area contributed by atoms with Crippen molar-refractivity contribution >= 4 is 17.3 Å². The molecular formula is C20H19NO5S. The van der Waals surface area contributed by atoms with Crippen molar-refractivity contribution in [3.05, 3.63) is 59.1 Å². The van der Waals surface area contributed by atoms with Gasteiger partial charge in [0, 0.05) is 11.4 Å². The highest BCUT2D eigenvalue weighted by molar-refractivity contribution is 7.13. The van der Waals surface area contributed by atoms with Crippen molar-refractivity contribution in [2.75, 3.05) is 20.3 Å². The van der Waals surface area contributed by atoms with Gasteiger partial charge in [-0.25, -0.2) is 9.78 Å². The lowest BCUT2D eigenvalue weighted by Gasteiger charge is -2.12. The number of aromatic nitrogens is 1. The summed E-state index contributed by atoms with van der Waals surface area (Å²) in [6, 6.07) is 13.1. The lowest BCUT2D eigenvalue weighted by molar-refractivity contribution is 0.0691. The van der Waals surface area contributed by atoms with Gasteiger partial charge in [-0.15, -0.1) is 11.3 Å². The summed E-state index contributed by atoms with van der Waals surface area (Å²) in [5, 5.41) is 11.2. The van der Waals surface area contributed by atoms with Crippen molar-refractivity contribution in [3.63, 3.8) is 0 Å². The largest absolute Gasteiger partial charge is 0.497 e. The molecule has 0 aliphatic rings. The Labute approximate surface area is 161 Å². The van der Waals surface area contributed by atoms with Crippen LogP contribution in [0.3, 0.4) is 0 Å². The van der Waals surface area contributed by atoms with Crippen LogP contribution in [0, 0.1) is 6.92 Å².